The number of nitrogens with one attached hydrogen (secondary N) is 1. The third kappa shape index (κ3) is 3.55. The van der Waals surface area contributed by atoms with Crippen LogP contribution in [0.15, 0.2) is 11.4 Å². The summed E-state index contributed by atoms with van der Waals surface area (Å²) in [5, 5.41) is 14.4. The molecule has 0 radical (unpaired) electrons. The maximum absolute atomic E-state index is 8.78. The van der Waals surface area contributed by atoms with Crippen molar-refractivity contribution in [2.24, 2.45) is 5.92 Å². The van der Waals surface area contributed by atoms with Crippen LogP contribution in [0.25, 0.3) is 0 Å². The second-order valence-corrected chi connectivity index (χ2v) is 6.01. The van der Waals surface area contributed by atoms with E-state index < -0.39 is 0 Å². The van der Waals surface area contributed by atoms with Gasteiger partial charge in [-0.05, 0) is 24.8 Å². The van der Waals surface area contributed by atoms with E-state index in [2.05, 4.69) is 18.3 Å². The fourth-order valence-electron chi connectivity index (χ4n) is 2.56. The van der Waals surface area contributed by atoms with Gasteiger partial charge in [-0.2, -0.15) is 5.26 Å². The number of hydrogen-bond donors (Lipinski definition) is 1. The van der Waals surface area contributed by atoms with Crippen molar-refractivity contribution >= 4 is 11.3 Å². The van der Waals surface area contributed by atoms with E-state index in [1.54, 1.807) is 11.3 Å². The van der Waals surface area contributed by atoms with Gasteiger partial charge >= 0.3 is 0 Å². The van der Waals surface area contributed by atoms with Crippen molar-refractivity contribution in [1.29, 1.82) is 5.26 Å². The Morgan fingerprint density at radius 2 is 2.24 bits per heavy atom. The van der Waals surface area contributed by atoms with Crippen LogP contribution < -0.4 is 5.32 Å². The lowest BCUT2D eigenvalue weighted by Crippen LogP contribution is -2.33. The molecule has 1 N–H and O–H groups in total. The van der Waals surface area contributed by atoms with E-state index in [1.807, 2.05) is 11.4 Å². The molecule has 1 fully saturated rings. The Hall–Kier alpha value is -0.850. The van der Waals surface area contributed by atoms with Gasteiger partial charge in [-0.1, -0.05) is 26.2 Å². The zero-order valence-electron chi connectivity index (χ0n) is 10.4. The van der Waals surface area contributed by atoms with Crippen LogP contribution in [0.1, 0.15) is 49.5 Å². The van der Waals surface area contributed by atoms with Crippen LogP contribution in [0.3, 0.4) is 0 Å². The number of hydrogen-bond acceptors (Lipinski definition) is 3. The lowest BCUT2D eigenvalue weighted by molar-refractivity contribution is 0.357. The fraction of sp³-hybridized carbons (Fsp3) is 0.643. The van der Waals surface area contributed by atoms with Crippen molar-refractivity contribution in [2.45, 2.75) is 51.6 Å². The van der Waals surface area contributed by atoms with Crippen LogP contribution in [-0.2, 0) is 6.54 Å². The first kappa shape index (κ1) is 12.6. The molecule has 0 aromatic carbocycles. The first-order valence-corrected chi connectivity index (χ1v) is 7.38. The van der Waals surface area contributed by atoms with Crippen molar-refractivity contribution < 1.29 is 0 Å². The molecule has 0 amide bonds. The summed E-state index contributed by atoms with van der Waals surface area (Å²) in [6.45, 7) is 3.28. The summed E-state index contributed by atoms with van der Waals surface area (Å²) in [6, 6.07) is 4.84. The van der Waals surface area contributed by atoms with Gasteiger partial charge < -0.3 is 5.32 Å². The van der Waals surface area contributed by atoms with Crippen LogP contribution in [0.2, 0.25) is 0 Å². The summed E-state index contributed by atoms with van der Waals surface area (Å²) < 4.78 is 0. The average Bonchev–Trinajstić information content (AvgIpc) is 2.70. The maximum Gasteiger partial charge on any atom is 0.100 e. The Bertz CT molecular complexity index is 391. The molecular weight excluding hydrogens is 228 g/mol. The molecule has 0 bridgehead atoms. The van der Waals surface area contributed by atoms with Gasteiger partial charge in [-0.25, -0.2) is 0 Å². The first-order chi connectivity index (χ1) is 8.29. The second kappa shape index (κ2) is 6.18. The zero-order chi connectivity index (χ0) is 12.1. The van der Waals surface area contributed by atoms with E-state index in [0.717, 1.165) is 18.0 Å². The van der Waals surface area contributed by atoms with E-state index in [0.29, 0.717) is 6.04 Å². The Morgan fingerprint density at radius 1 is 1.41 bits per heavy atom. The molecule has 1 heterocycles. The summed E-state index contributed by atoms with van der Waals surface area (Å²) >= 11 is 1.68. The van der Waals surface area contributed by atoms with Gasteiger partial charge in [0.1, 0.15) is 6.07 Å². The summed E-state index contributed by atoms with van der Waals surface area (Å²) in [5.74, 6) is 0.785. The molecule has 3 heteroatoms. The van der Waals surface area contributed by atoms with E-state index in [-0.39, 0.29) is 0 Å². The molecule has 17 heavy (non-hydrogen) atoms. The zero-order valence-corrected chi connectivity index (χ0v) is 11.2. The molecule has 0 aliphatic heterocycles. The van der Waals surface area contributed by atoms with Crippen LogP contribution in [-0.4, -0.2) is 6.04 Å². The van der Waals surface area contributed by atoms with Gasteiger partial charge in [0.25, 0.3) is 0 Å². The van der Waals surface area contributed by atoms with Crippen molar-refractivity contribution in [3.63, 3.8) is 0 Å². The molecule has 2 unspecified atom stereocenters. The lowest BCUT2D eigenvalue weighted by atomic mass is 9.97. The molecule has 1 saturated carbocycles. The van der Waals surface area contributed by atoms with Gasteiger partial charge in [0.05, 0.1) is 5.56 Å². The average molecular weight is 248 g/mol. The minimum absolute atomic E-state index is 0.658. The maximum atomic E-state index is 8.78. The van der Waals surface area contributed by atoms with Crippen LogP contribution in [0.4, 0.5) is 0 Å². The molecule has 2 nitrogen and oxygen atoms in total. The number of nitriles is 1. The highest BCUT2D eigenvalue weighted by molar-refractivity contribution is 7.10. The highest BCUT2D eigenvalue weighted by Crippen LogP contribution is 2.23. The monoisotopic (exact) mass is 248 g/mol. The predicted molar refractivity (Wildman–Crippen MR) is 71.9 cm³/mol. The number of rotatable bonds is 3. The molecule has 0 spiro atoms. The highest BCUT2D eigenvalue weighted by Gasteiger charge is 2.19. The van der Waals surface area contributed by atoms with E-state index >= 15 is 0 Å². The fourth-order valence-corrected chi connectivity index (χ4v) is 3.32. The van der Waals surface area contributed by atoms with Crippen LogP contribution >= 0.6 is 11.3 Å². The van der Waals surface area contributed by atoms with Gasteiger partial charge in [0.15, 0.2) is 0 Å². The first-order valence-electron chi connectivity index (χ1n) is 6.50. The second-order valence-electron chi connectivity index (χ2n) is 5.02. The Labute approximate surface area is 108 Å². The Morgan fingerprint density at radius 3 is 3.00 bits per heavy atom. The van der Waals surface area contributed by atoms with Crippen LogP contribution in [0.5, 0.6) is 0 Å². The minimum atomic E-state index is 0.658. The third-order valence-electron chi connectivity index (χ3n) is 3.68. The summed E-state index contributed by atoms with van der Waals surface area (Å²) in [7, 11) is 0. The van der Waals surface area contributed by atoms with Gasteiger partial charge in [0, 0.05) is 22.8 Å². The van der Waals surface area contributed by atoms with Gasteiger partial charge in [0.2, 0.25) is 0 Å². The third-order valence-corrected chi connectivity index (χ3v) is 4.62. The summed E-state index contributed by atoms with van der Waals surface area (Å²) in [6.07, 6.45) is 6.79. The largest absolute Gasteiger partial charge is 0.309 e. The molecule has 0 saturated heterocycles. The molecule has 1 aliphatic carbocycles. The van der Waals surface area contributed by atoms with E-state index in [1.165, 1.54) is 37.0 Å². The SMILES string of the molecule is CC1CCCCCC1NCc1cc(C#N)cs1. The molecule has 2 atom stereocenters. The molecule has 2 rings (SSSR count). The van der Waals surface area contributed by atoms with E-state index in [4.69, 9.17) is 5.26 Å². The molecule has 1 aliphatic rings. The van der Waals surface area contributed by atoms with Crippen molar-refractivity contribution in [1.82, 2.24) is 5.32 Å². The molecule has 1 aromatic rings. The molecule has 92 valence electrons. The minimum Gasteiger partial charge on any atom is -0.309 e. The topological polar surface area (TPSA) is 35.8 Å². The van der Waals surface area contributed by atoms with Crippen molar-refractivity contribution in [2.75, 3.05) is 0 Å². The normalized spacial score (nSPS) is 25.2. The van der Waals surface area contributed by atoms with Crippen molar-refractivity contribution in [3.8, 4) is 6.07 Å². The standard InChI is InChI=1S/C14H20N2S/c1-11-5-3-2-4-6-14(11)16-9-13-7-12(8-15)10-17-13/h7,10-11,14,16H,2-6,9H2,1H3. The quantitative estimate of drug-likeness (QED) is 0.828. The number of nitrogens with zero attached hydrogens (tertiary/aromatic N) is 1. The smallest absolute Gasteiger partial charge is 0.100 e. The highest BCUT2D eigenvalue weighted by atomic mass is 32.1. The summed E-state index contributed by atoms with van der Waals surface area (Å²) in [5.41, 5.74) is 0.792. The predicted octanol–water partition coefficient (Wildman–Crippen LogP) is 3.68. The van der Waals surface area contributed by atoms with Crippen molar-refractivity contribution in [3.05, 3.63) is 21.9 Å². The summed E-state index contributed by atoms with van der Waals surface area (Å²) in [4.78, 5) is 1.28. The molecular formula is C14H20N2S. The molecule has 1 aromatic heterocycles. The lowest BCUT2D eigenvalue weighted by Gasteiger charge is -2.22. The number of thiophene rings is 1. The van der Waals surface area contributed by atoms with Gasteiger partial charge in [-0.15, -0.1) is 11.3 Å². The Kier molecular flexibility index (Phi) is 4.58. The Balaban J connectivity index is 1.86. The van der Waals surface area contributed by atoms with Gasteiger partial charge in [-0.3, -0.25) is 0 Å². The van der Waals surface area contributed by atoms with E-state index in [9.17, 15) is 0 Å². The van der Waals surface area contributed by atoms with Crippen LogP contribution in [0, 0.1) is 17.2 Å².